The van der Waals surface area contributed by atoms with E-state index in [1.54, 1.807) is 32.9 Å². The fourth-order valence-corrected chi connectivity index (χ4v) is 6.21. The normalized spacial score (nSPS) is 16.2. The number of methoxy groups -OCH3 is 1. The minimum Gasteiger partial charge on any atom is -0.506 e. The molecule has 16 heteroatoms. The van der Waals surface area contributed by atoms with Crippen LogP contribution in [0.1, 0.15) is 45.3 Å². The predicted molar refractivity (Wildman–Crippen MR) is 163 cm³/mol. The molecule has 1 aliphatic heterocycles. The van der Waals surface area contributed by atoms with Gasteiger partial charge in [-0.2, -0.15) is 4.72 Å². The van der Waals surface area contributed by atoms with Crippen molar-refractivity contribution in [3.05, 3.63) is 48.0 Å². The van der Waals surface area contributed by atoms with Crippen molar-refractivity contribution in [2.45, 2.75) is 62.3 Å². The zero-order valence-electron chi connectivity index (χ0n) is 25.2. The first-order valence-electron chi connectivity index (χ1n) is 13.8. The molecular formula is C28H40N4O10S2. The number of sulfonamides is 2. The summed E-state index contributed by atoms with van der Waals surface area (Å²) in [5.74, 6) is -2.43. The Morgan fingerprint density at radius 2 is 1.64 bits per heavy atom. The van der Waals surface area contributed by atoms with Crippen molar-refractivity contribution < 1.29 is 46.1 Å². The van der Waals surface area contributed by atoms with Gasteiger partial charge >= 0.3 is 11.9 Å². The van der Waals surface area contributed by atoms with E-state index >= 15 is 0 Å². The number of phenols is 1. The Morgan fingerprint density at radius 1 is 1.02 bits per heavy atom. The highest BCUT2D eigenvalue weighted by Crippen LogP contribution is 2.28. The van der Waals surface area contributed by atoms with Gasteiger partial charge in [-0.3, -0.25) is 4.72 Å². The fourth-order valence-electron chi connectivity index (χ4n) is 4.51. The van der Waals surface area contributed by atoms with E-state index in [1.807, 2.05) is 0 Å². The molecule has 1 unspecified atom stereocenters. The van der Waals surface area contributed by atoms with Gasteiger partial charge < -0.3 is 29.9 Å². The first-order valence-corrected chi connectivity index (χ1v) is 17.2. The summed E-state index contributed by atoms with van der Waals surface area (Å²) in [6.07, 6.45) is 1.50. The molecule has 3 rings (SSSR count). The molecule has 0 bridgehead atoms. The van der Waals surface area contributed by atoms with Gasteiger partial charge in [0.15, 0.2) is 0 Å². The highest BCUT2D eigenvalue weighted by Gasteiger charge is 2.36. The third-order valence-corrected chi connectivity index (χ3v) is 8.69. The number of anilines is 2. The molecule has 0 spiro atoms. The Morgan fingerprint density at radius 3 is 2.18 bits per heavy atom. The number of nitrogens with one attached hydrogen (secondary N) is 3. The summed E-state index contributed by atoms with van der Waals surface area (Å²) in [6.45, 7) is 6.29. The number of ether oxygens (including phenoxy) is 2. The van der Waals surface area contributed by atoms with Crippen molar-refractivity contribution in [2.24, 2.45) is 0 Å². The van der Waals surface area contributed by atoms with E-state index in [4.69, 9.17) is 4.74 Å². The second-order valence-electron chi connectivity index (χ2n) is 11.4. The van der Waals surface area contributed by atoms with Gasteiger partial charge in [0.1, 0.15) is 11.4 Å². The highest BCUT2D eigenvalue weighted by molar-refractivity contribution is 7.92. The number of hydrogen-bond donors (Lipinski definition) is 5. The fraction of sp³-hybridized carbons (Fsp3) is 0.500. The van der Waals surface area contributed by atoms with E-state index in [2.05, 4.69) is 24.4 Å². The number of nitrogens with zero attached hydrogens (tertiary/aromatic N) is 1. The minimum absolute atomic E-state index is 0.0155. The van der Waals surface area contributed by atoms with Gasteiger partial charge in [-0.05, 0) is 75.6 Å². The van der Waals surface area contributed by atoms with Gasteiger partial charge in [-0.15, -0.1) is 0 Å². The number of carbonyl (C=O) groups is 2. The van der Waals surface area contributed by atoms with Crippen LogP contribution in [0.15, 0.2) is 47.4 Å². The van der Waals surface area contributed by atoms with Crippen LogP contribution in [0.25, 0.3) is 0 Å². The molecule has 244 valence electrons. The van der Waals surface area contributed by atoms with E-state index < -0.39 is 49.7 Å². The third kappa shape index (κ3) is 10.1. The molecule has 44 heavy (non-hydrogen) atoms. The van der Waals surface area contributed by atoms with Crippen molar-refractivity contribution in [3.8, 4) is 5.75 Å². The molecule has 5 N–H and O–H groups in total. The van der Waals surface area contributed by atoms with Gasteiger partial charge in [0.05, 0.1) is 30.1 Å². The van der Waals surface area contributed by atoms with E-state index in [9.17, 15) is 36.6 Å². The third-order valence-electron chi connectivity index (χ3n) is 6.66. The monoisotopic (exact) mass is 656 g/mol. The van der Waals surface area contributed by atoms with Crippen LogP contribution in [-0.4, -0.2) is 89.7 Å². The summed E-state index contributed by atoms with van der Waals surface area (Å²) in [5, 5.41) is 23.9. The zero-order chi connectivity index (χ0) is 32.9. The van der Waals surface area contributed by atoms with E-state index in [1.165, 1.54) is 30.3 Å². The molecule has 2 aromatic carbocycles. The summed E-state index contributed by atoms with van der Waals surface area (Å²) >= 11 is 0. The maximum atomic E-state index is 13.0. The SMILES string of the molecule is COC(=O)C(NS(=O)(=O)c1ccc(N2CCC(NC[C@H](O)c3ccc(O)c(NS(C)(=O)=O)c3)CC2)cc1)C(=O)OC(C)(C)C. The van der Waals surface area contributed by atoms with Gasteiger partial charge in [-0.25, -0.2) is 26.4 Å². The average Bonchev–Trinajstić information content (AvgIpc) is 2.94. The van der Waals surface area contributed by atoms with Crippen LogP contribution in [-0.2, 0) is 39.1 Å². The van der Waals surface area contributed by atoms with Crippen LogP contribution in [0.3, 0.4) is 0 Å². The average molecular weight is 657 g/mol. The zero-order valence-corrected chi connectivity index (χ0v) is 26.9. The Labute approximate surface area is 257 Å². The first kappa shape index (κ1) is 35.0. The Bertz CT molecular complexity index is 1530. The lowest BCUT2D eigenvalue weighted by Gasteiger charge is -2.34. The number of phenolic OH excluding ortho intramolecular Hbond substituents is 1. The standard InChI is InChI=1S/C28H40N4O10S2/c1-28(2,3)42-27(36)25(26(35)41-4)31-44(39,40)21-9-7-20(8-10-21)32-14-12-19(13-15-32)29-17-24(34)18-6-11-23(33)22(16-18)30-43(5,37)38/h6-11,16,19,24-25,29-31,33-34H,12-15,17H2,1-5H3/t24-,25?/m0/s1. The van der Waals surface area contributed by atoms with Crippen molar-refractivity contribution in [1.29, 1.82) is 0 Å². The van der Waals surface area contributed by atoms with Gasteiger partial charge in [0.2, 0.25) is 26.1 Å². The molecule has 2 atom stereocenters. The number of hydrogen-bond acceptors (Lipinski definition) is 12. The second kappa shape index (κ2) is 14.1. The lowest BCUT2D eigenvalue weighted by atomic mass is 10.0. The van der Waals surface area contributed by atoms with Crippen LogP contribution in [0.4, 0.5) is 11.4 Å². The summed E-state index contributed by atoms with van der Waals surface area (Å²) in [6, 6.07) is 8.49. The Hall–Kier alpha value is -3.44. The molecule has 1 saturated heterocycles. The first-order chi connectivity index (χ1) is 20.4. The van der Waals surface area contributed by atoms with Crippen molar-refractivity contribution in [1.82, 2.24) is 10.0 Å². The lowest BCUT2D eigenvalue weighted by molar-refractivity contribution is -0.163. The van der Waals surface area contributed by atoms with Crippen LogP contribution >= 0.6 is 0 Å². The molecule has 1 fully saturated rings. The number of rotatable bonds is 12. The molecule has 0 aromatic heterocycles. The number of aliphatic hydroxyl groups excluding tert-OH is 1. The maximum Gasteiger partial charge on any atom is 0.336 e. The number of carbonyl (C=O) groups excluding carboxylic acids is 2. The number of aliphatic hydroxyl groups is 1. The van der Waals surface area contributed by atoms with Crippen LogP contribution in [0.5, 0.6) is 5.75 Å². The topological polar surface area (TPSA) is 201 Å². The molecule has 1 aliphatic rings. The van der Waals surface area contributed by atoms with E-state index in [0.29, 0.717) is 18.7 Å². The second-order valence-corrected chi connectivity index (χ2v) is 14.9. The highest BCUT2D eigenvalue weighted by atomic mass is 32.2. The number of esters is 2. The molecule has 0 radical (unpaired) electrons. The summed E-state index contributed by atoms with van der Waals surface area (Å²) in [4.78, 5) is 26.6. The van der Waals surface area contributed by atoms with Crippen LogP contribution in [0.2, 0.25) is 0 Å². The van der Waals surface area contributed by atoms with Crippen molar-refractivity contribution >= 4 is 43.4 Å². The minimum atomic E-state index is -4.28. The Kier molecular flexibility index (Phi) is 11.2. The Balaban J connectivity index is 1.56. The molecule has 0 amide bonds. The molecule has 0 aliphatic carbocycles. The van der Waals surface area contributed by atoms with E-state index in [-0.39, 0.29) is 28.9 Å². The number of piperidine rings is 1. The summed E-state index contributed by atoms with van der Waals surface area (Å²) in [7, 11) is -6.84. The maximum absolute atomic E-state index is 13.0. The molecule has 14 nitrogen and oxygen atoms in total. The van der Waals surface area contributed by atoms with Crippen LogP contribution in [0, 0.1) is 0 Å². The molecular weight excluding hydrogens is 616 g/mol. The molecule has 2 aromatic rings. The van der Waals surface area contributed by atoms with Crippen molar-refractivity contribution in [2.75, 3.05) is 42.6 Å². The number of aromatic hydroxyl groups is 1. The smallest absolute Gasteiger partial charge is 0.336 e. The summed E-state index contributed by atoms with van der Waals surface area (Å²) < 4.78 is 63.1. The molecule has 0 saturated carbocycles. The van der Waals surface area contributed by atoms with Crippen LogP contribution < -0.4 is 19.7 Å². The van der Waals surface area contributed by atoms with Gasteiger partial charge in [0.25, 0.3) is 0 Å². The molecule has 1 heterocycles. The van der Waals surface area contributed by atoms with Crippen molar-refractivity contribution in [3.63, 3.8) is 0 Å². The summed E-state index contributed by atoms with van der Waals surface area (Å²) in [5.41, 5.74) is 0.259. The van der Waals surface area contributed by atoms with Gasteiger partial charge in [-0.1, -0.05) is 6.07 Å². The lowest BCUT2D eigenvalue weighted by Crippen LogP contribution is -2.49. The van der Waals surface area contributed by atoms with E-state index in [0.717, 1.165) is 31.9 Å². The predicted octanol–water partition coefficient (Wildman–Crippen LogP) is 1.22. The quantitative estimate of drug-likeness (QED) is 0.124. The largest absolute Gasteiger partial charge is 0.506 e. The number of benzene rings is 2. The van der Waals surface area contributed by atoms with Gasteiger partial charge in [0, 0.05) is 31.4 Å².